The van der Waals surface area contributed by atoms with E-state index in [2.05, 4.69) is 4.98 Å². The number of nitrogens with two attached hydrogens (primary N) is 1. The summed E-state index contributed by atoms with van der Waals surface area (Å²) in [5.74, 6) is -0.453. The van der Waals surface area contributed by atoms with E-state index in [0.29, 0.717) is 12.0 Å². The van der Waals surface area contributed by atoms with Gasteiger partial charge in [0.25, 0.3) is 0 Å². The van der Waals surface area contributed by atoms with Crippen molar-refractivity contribution in [3.05, 3.63) is 29.8 Å². The smallest absolute Gasteiger partial charge is 0.141 e. The van der Waals surface area contributed by atoms with E-state index in [0.717, 1.165) is 12.6 Å². The van der Waals surface area contributed by atoms with Gasteiger partial charge in [-0.2, -0.15) is 0 Å². The molecule has 78 valence electrons. The van der Waals surface area contributed by atoms with E-state index in [1.807, 2.05) is 6.92 Å². The zero-order chi connectivity index (χ0) is 10.6. The summed E-state index contributed by atoms with van der Waals surface area (Å²) in [5, 5.41) is 10.1. The van der Waals surface area contributed by atoms with Gasteiger partial charge in [-0.05, 0) is 12.5 Å². The number of pyridine rings is 1. The lowest BCUT2D eigenvalue weighted by molar-refractivity contribution is 0.0353. The predicted octanol–water partition coefficient (Wildman–Crippen LogP) is 1.17. The SMILES string of the molecule is CCCC(O)(CN)c1cncc(F)c1. The van der Waals surface area contributed by atoms with E-state index in [1.54, 1.807) is 0 Å². The van der Waals surface area contributed by atoms with Crippen molar-refractivity contribution in [3.63, 3.8) is 0 Å². The molecule has 0 fully saturated rings. The van der Waals surface area contributed by atoms with Gasteiger partial charge < -0.3 is 10.8 Å². The van der Waals surface area contributed by atoms with E-state index in [4.69, 9.17) is 5.73 Å². The Balaban J connectivity index is 2.99. The van der Waals surface area contributed by atoms with Gasteiger partial charge in [-0.15, -0.1) is 0 Å². The van der Waals surface area contributed by atoms with Crippen LogP contribution in [0.4, 0.5) is 4.39 Å². The molecule has 1 unspecified atom stereocenters. The molecule has 1 atom stereocenters. The van der Waals surface area contributed by atoms with Crippen molar-refractivity contribution in [2.24, 2.45) is 5.73 Å². The highest BCUT2D eigenvalue weighted by Crippen LogP contribution is 2.24. The second-order valence-electron chi connectivity index (χ2n) is 3.38. The molecule has 3 N–H and O–H groups in total. The van der Waals surface area contributed by atoms with Gasteiger partial charge >= 0.3 is 0 Å². The molecule has 0 aromatic carbocycles. The third kappa shape index (κ3) is 2.27. The van der Waals surface area contributed by atoms with Crippen LogP contribution in [0, 0.1) is 5.82 Å². The maximum absolute atomic E-state index is 12.9. The number of nitrogens with zero attached hydrogens (tertiary/aromatic N) is 1. The van der Waals surface area contributed by atoms with Gasteiger partial charge in [0, 0.05) is 18.3 Å². The minimum absolute atomic E-state index is 0.0754. The van der Waals surface area contributed by atoms with E-state index >= 15 is 0 Å². The molecule has 0 amide bonds. The van der Waals surface area contributed by atoms with Crippen molar-refractivity contribution in [3.8, 4) is 0 Å². The molecule has 0 aliphatic heterocycles. The van der Waals surface area contributed by atoms with Gasteiger partial charge in [-0.1, -0.05) is 13.3 Å². The lowest BCUT2D eigenvalue weighted by Crippen LogP contribution is -2.34. The highest BCUT2D eigenvalue weighted by Gasteiger charge is 2.27. The van der Waals surface area contributed by atoms with Crippen molar-refractivity contribution in [1.82, 2.24) is 4.98 Å². The Morgan fingerprint density at radius 3 is 2.79 bits per heavy atom. The van der Waals surface area contributed by atoms with Gasteiger partial charge in [-0.25, -0.2) is 4.39 Å². The van der Waals surface area contributed by atoms with Crippen molar-refractivity contribution in [2.45, 2.75) is 25.4 Å². The lowest BCUT2D eigenvalue weighted by atomic mass is 9.91. The summed E-state index contributed by atoms with van der Waals surface area (Å²) >= 11 is 0. The number of hydrogen-bond acceptors (Lipinski definition) is 3. The number of aliphatic hydroxyl groups is 1. The highest BCUT2D eigenvalue weighted by atomic mass is 19.1. The average Bonchev–Trinajstić information content (AvgIpc) is 2.18. The topological polar surface area (TPSA) is 59.1 Å². The van der Waals surface area contributed by atoms with Gasteiger partial charge in [0.05, 0.1) is 6.20 Å². The third-order valence-electron chi connectivity index (χ3n) is 2.24. The van der Waals surface area contributed by atoms with Crippen LogP contribution in [0.2, 0.25) is 0 Å². The fraction of sp³-hybridized carbons (Fsp3) is 0.500. The summed E-state index contributed by atoms with van der Waals surface area (Å²) in [5.41, 5.74) is 4.77. The Bertz CT molecular complexity index is 306. The van der Waals surface area contributed by atoms with Gasteiger partial charge in [-0.3, -0.25) is 4.98 Å². The highest BCUT2D eigenvalue weighted by molar-refractivity contribution is 5.19. The third-order valence-corrected chi connectivity index (χ3v) is 2.24. The standard InChI is InChI=1S/C10H15FN2O/c1-2-3-10(14,7-12)8-4-9(11)6-13-5-8/h4-6,14H,2-3,7,12H2,1H3. The molecule has 1 rings (SSSR count). The zero-order valence-corrected chi connectivity index (χ0v) is 8.20. The fourth-order valence-electron chi connectivity index (χ4n) is 1.44. The van der Waals surface area contributed by atoms with Crippen LogP contribution in [0.1, 0.15) is 25.3 Å². The van der Waals surface area contributed by atoms with E-state index in [1.165, 1.54) is 12.3 Å². The monoisotopic (exact) mass is 198 g/mol. The number of rotatable bonds is 4. The Morgan fingerprint density at radius 1 is 1.57 bits per heavy atom. The Labute approximate surface area is 82.8 Å². The molecule has 14 heavy (non-hydrogen) atoms. The first-order valence-corrected chi connectivity index (χ1v) is 4.66. The maximum atomic E-state index is 12.9. The molecule has 1 aromatic heterocycles. The molecule has 0 saturated heterocycles. The molecular weight excluding hydrogens is 183 g/mol. The van der Waals surface area contributed by atoms with Crippen LogP contribution in [-0.4, -0.2) is 16.6 Å². The quantitative estimate of drug-likeness (QED) is 0.763. The van der Waals surface area contributed by atoms with Crippen molar-refractivity contribution in [1.29, 1.82) is 0 Å². The van der Waals surface area contributed by atoms with Crippen molar-refractivity contribution >= 4 is 0 Å². The molecule has 0 radical (unpaired) electrons. The molecule has 1 aromatic rings. The van der Waals surface area contributed by atoms with Crippen molar-refractivity contribution in [2.75, 3.05) is 6.54 Å². The van der Waals surface area contributed by atoms with Crippen LogP contribution < -0.4 is 5.73 Å². The number of aromatic nitrogens is 1. The minimum atomic E-state index is -1.15. The second-order valence-corrected chi connectivity index (χ2v) is 3.38. The average molecular weight is 198 g/mol. The normalized spacial score (nSPS) is 15.1. The van der Waals surface area contributed by atoms with Gasteiger partial charge in [0.15, 0.2) is 0 Å². The first-order chi connectivity index (χ1) is 6.62. The Hall–Kier alpha value is -1.00. The summed E-state index contributed by atoms with van der Waals surface area (Å²) in [7, 11) is 0. The molecule has 0 bridgehead atoms. The summed E-state index contributed by atoms with van der Waals surface area (Å²) < 4.78 is 12.9. The van der Waals surface area contributed by atoms with Gasteiger partial charge in [0.1, 0.15) is 11.4 Å². The summed E-state index contributed by atoms with van der Waals surface area (Å²) in [6, 6.07) is 1.27. The van der Waals surface area contributed by atoms with Crippen LogP contribution in [0.5, 0.6) is 0 Å². The minimum Gasteiger partial charge on any atom is -0.384 e. The lowest BCUT2D eigenvalue weighted by Gasteiger charge is -2.26. The second kappa shape index (κ2) is 4.48. The molecular formula is C10H15FN2O. The predicted molar refractivity (Wildman–Crippen MR) is 52.1 cm³/mol. The largest absolute Gasteiger partial charge is 0.384 e. The summed E-state index contributed by atoms with van der Waals surface area (Å²) in [4.78, 5) is 3.69. The molecule has 0 saturated carbocycles. The van der Waals surface area contributed by atoms with Crippen LogP contribution >= 0.6 is 0 Å². The molecule has 1 heterocycles. The zero-order valence-electron chi connectivity index (χ0n) is 8.20. The van der Waals surface area contributed by atoms with Crippen LogP contribution in [0.15, 0.2) is 18.5 Å². The Morgan fingerprint density at radius 2 is 2.29 bits per heavy atom. The first kappa shape index (κ1) is 11.1. The maximum Gasteiger partial charge on any atom is 0.141 e. The van der Waals surface area contributed by atoms with Crippen LogP contribution in [0.3, 0.4) is 0 Å². The summed E-state index contributed by atoms with van der Waals surface area (Å²) in [6.07, 6.45) is 3.84. The van der Waals surface area contributed by atoms with E-state index < -0.39 is 11.4 Å². The Kier molecular flexibility index (Phi) is 3.55. The fourth-order valence-corrected chi connectivity index (χ4v) is 1.44. The van der Waals surface area contributed by atoms with Crippen molar-refractivity contribution < 1.29 is 9.50 Å². The number of hydrogen-bond donors (Lipinski definition) is 2. The van der Waals surface area contributed by atoms with Crippen LogP contribution in [0.25, 0.3) is 0 Å². The molecule has 0 spiro atoms. The molecule has 3 nitrogen and oxygen atoms in total. The number of halogens is 1. The molecule has 0 aliphatic carbocycles. The van der Waals surface area contributed by atoms with Gasteiger partial charge in [0.2, 0.25) is 0 Å². The van der Waals surface area contributed by atoms with Crippen LogP contribution in [-0.2, 0) is 5.60 Å². The molecule has 4 heteroatoms. The summed E-state index contributed by atoms with van der Waals surface area (Å²) in [6.45, 7) is 2.01. The van der Waals surface area contributed by atoms with E-state index in [-0.39, 0.29) is 6.54 Å². The van der Waals surface area contributed by atoms with E-state index in [9.17, 15) is 9.50 Å². The molecule has 0 aliphatic rings. The first-order valence-electron chi connectivity index (χ1n) is 4.66.